The highest BCUT2D eigenvalue weighted by Gasteiger charge is 2.50. The van der Waals surface area contributed by atoms with Gasteiger partial charge in [0.15, 0.2) is 17.3 Å². The van der Waals surface area contributed by atoms with E-state index in [0.29, 0.717) is 28.5 Å². The SMILES string of the molecule is Cc1cc(C(=O)CN2C(=O)NC(C)(c3ccc4c(c3)OCO4)C2=O)c(C)n1-c1ccc(C(C)C)cc1. The Kier molecular flexibility index (Phi) is 5.62. The molecule has 1 fully saturated rings. The van der Waals surface area contributed by atoms with Crippen molar-refractivity contribution in [2.75, 3.05) is 13.3 Å². The van der Waals surface area contributed by atoms with Crippen molar-refractivity contribution in [2.45, 2.75) is 46.1 Å². The van der Waals surface area contributed by atoms with Gasteiger partial charge >= 0.3 is 6.03 Å². The number of ketones is 1. The molecule has 8 nitrogen and oxygen atoms in total. The van der Waals surface area contributed by atoms with Crippen molar-refractivity contribution in [2.24, 2.45) is 0 Å². The van der Waals surface area contributed by atoms with Gasteiger partial charge in [0.2, 0.25) is 6.79 Å². The molecule has 0 bridgehead atoms. The predicted molar refractivity (Wildman–Crippen MR) is 134 cm³/mol. The number of fused-ring (bicyclic) bond motifs is 1. The van der Waals surface area contributed by atoms with Crippen LogP contribution >= 0.6 is 0 Å². The second-order valence-corrected chi connectivity index (χ2v) is 9.80. The minimum atomic E-state index is -1.31. The standard InChI is InChI=1S/C28H29N3O5/c1-16(2)19-6-9-21(10-7-19)31-17(3)12-22(18(31)4)23(32)14-30-26(33)28(5,29-27(30)34)20-8-11-24-25(13-20)36-15-35-24/h6-13,16H,14-15H2,1-5H3,(H,29,34). The van der Waals surface area contributed by atoms with Crippen LogP contribution < -0.4 is 14.8 Å². The summed E-state index contributed by atoms with van der Waals surface area (Å²) < 4.78 is 12.8. The van der Waals surface area contributed by atoms with Crippen molar-refractivity contribution in [3.8, 4) is 17.2 Å². The van der Waals surface area contributed by atoms with Crippen molar-refractivity contribution in [1.82, 2.24) is 14.8 Å². The Hall–Kier alpha value is -4.07. The fraction of sp³-hybridized carbons (Fsp3) is 0.321. The molecule has 1 atom stereocenters. The Labute approximate surface area is 209 Å². The molecule has 0 saturated carbocycles. The monoisotopic (exact) mass is 487 g/mol. The molecule has 186 valence electrons. The van der Waals surface area contributed by atoms with Gasteiger partial charge in [0, 0.05) is 22.6 Å². The molecule has 3 heterocycles. The van der Waals surface area contributed by atoms with Crippen LogP contribution in [0.2, 0.25) is 0 Å². The molecule has 0 radical (unpaired) electrons. The van der Waals surface area contributed by atoms with Crippen molar-refractivity contribution in [1.29, 1.82) is 0 Å². The maximum Gasteiger partial charge on any atom is 0.325 e. The van der Waals surface area contributed by atoms with Crippen LogP contribution in [0.15, 0.2) is 48.5 Å². The maximum absolute atomic E-state index is 13.4. The van der Waals surface area contributed by atoms with Gasteiger partial charge in [-0.25, -0.2) is 4.79 Å². The third-order valence-electron chi connectivity index (χ3n) is 7.08. The molecule has 2 aromatic carbocycles. The molecule has 0 spiro atoms. The van der Waals surface area contributed by atoms with Gasteiger partial charge in [0.1, 0.15) is 5.54 Å². The van der Waals surface area contributed by atoms with E-state index in [1.807, 2.05) is 36.6 Å². The summed E-state index contributed by atoms with van der Waals surface area (Å²) in [5, 5.41) is 2.75. The molecule has 5 rings (SSSR count). The molecule has 1 saturated heterocycles. The zero-order valence-corrected chi connectivity index (χ0v) is 21.0. The highest BCUT2D eigenvalue weighted by Crippen LogP contribution is 2.38. The van der Waals surface area contributed by atoms with Crippen LogP contribution in [-0.2, 0) is 10.3 Å². The summed E-state index contributed by atoms with van der Waals surface area (Å²) in [7, 11) is 0. The van der Waals surface area contributed by atoms with Crippen LogP contribution in [0, 0.1) is 13.8 Å². The third kappa shape index (κ3) is 3.73. The minimum absolute atomic E-state index is 0.108. The van der Waals surface area contributed by atoms with Gasteiger partial charge in [-0.3, -0.25) is 14.5 Å². The molecular formula is C28H29N3O5. The lowest BCUT2D eigenvalue weighted by atomic mass is 9.91. The summed E-state index contributed by atoms with van der Waals surface area (Å²) in [5.74, 6) is 0.736. The number of carbonyl (C=O) groups is 3. The number of carbonyl (C=O) groups excluding carboxylic acids is 3. The van der Waals surface area contributed by atoms with E-state index >= 15 is 0 Å². The molecular weight excluding hydrogens is 458 g/mol. The number of nitrogens with zero attached hydrogens (tertiary/aromatic N) is 2. The van der Waals surface area contributed by atoms with E-state index in [2.05, 4.69) is 31.3 Å². The average molecular weight is 488 g/mol. The van der Waals surface area contributed by atoms with E-state index in [0.717, 1.165) is 22.0 Å². The Balaban J connectivity index is 1.39. The lowest BCUT2D eigenvalue weighted by Crippen LogP contribution is -2.41. The number of urea groups is 1. The lowest BCUT2D eigenvalue weighted by molar-refractivity contribution is -0.130. The van der Waals surface area contributed by atoms with E-state index < -0.39 is 17.5 Å². The number of imide groups is 1. The lowest BCUT2D eigenvalue weighted by Gasteiger charge is -2.22. The fourth-order valence-corrected chi connectivity index (χ4v) is 4.92. The Morgan fingerprint density at radius 3 is 2.42 bits per heavy atom. The van der Waals surface area contributed by atoms with E-state index in [9.17, 15) is 14.4 Å². The highest BCUT2D eigenvalue weighted by molar-refractivity contribution is 6.11. The van der Waals surface area contributed by atoms with Crippen LogP contribution in [0.25, 0.3) is 5.69 Å². The Bertz CT molecular complexity index is 1390. The number of aromatic nitrogens is 1. The summed E-state index contributed by atoms with van der Waals surface area (Å²) >= 11 is 0. The number of ether oxygens (including phenoxy) is 2. The largest absolute Gasteiger partial charge is 0.454 e. The average Bonchev–Trinajstić information content (AvgIpc) is 3.50. The van der Waals surface area contributed by atoms with E-state index in [1.165, 1.54) is 5.56 Å². The van der Waals surface area contributed by atoms with Gasteiger partial charge in [-0.1, -0.05) is 32.0 Å². The number of aryl methyl sites for hydroxylation is 1. The van der Waals surface area contributed by atoms with Gasteiger partial charge in [-0.05, 0) is 68.1 Å². The van der Waals surface area contributed by atoms with Gasteiger partial charge in [0.25, 0.3) is 5.91 Å². The number of amides is 3. The molecule has 1 unspecified atom stereocenters. The van der Waals surface area contributed by atoms with Crippen molar-refractivity contribution in [3.05, 3.63) is 76.6 Å². The predicted octanol–water partition coefficient (Wildman–Crippen LogP) is 4.60. The number of nitrogens with one attached hydrogen (secondary N) is 1. The number of hydrogen-bond acceptors (Lipinski definition) is 5. The molecule has 3 amide bonds. The van der Waals surface area contributed by atoms with Crippen molar-refractivity contribution < 1.29 is 23.9 Å². The number of hydrogen-bond donors (Lipinski definition) is 1. The van der Waals surface area contributed by atoms with Gasteiger partial charge in [0.05, 0.1) is 6.54 Å². The molecule has 36 heavy (non-hydrogen) atoms. The summed E-state index contributed by atoms with van der Waals surface area (Å²) in [5.41, 5.74) is 3.59. The first-order valence-electron chi connectivity index (χ1n) is 12.0. The van der Waals surface area contributed by atoms with Gasteiger partial charge in [-0.2, -0.15) is 0 Å². The van der Waals surface area contributed by atoms with E-state index in [4.69, 9.17) is 9.47 Å². The third-order valence-corrected chi connectivity index (χ3v) is 7.08. The van der Waals surface area contributed by atoms with Gasteiger partial charge < -0.3 is 19.4 Å². The quantitative estimate of drug-likeness (QED) is 0.406. The molecule has 1 aromatic heterocycles. The van der Waals surface area contributed by atoms with Crippen LogP contribution in [0.1, 0.15) is 59.6 Å². The topological polar surface area (TPSA) is 89.9 Å². The first-order chi connectivity index (χ1) is 17.1. The van der Waals surface area contributed by atoms with Crippen LogP contribution in [-0.4, -0.2) is 40.5 Å². The maximum atomic E-state index is 13.4. The molecule has 2 aliphatic heterocycles. The Morgan fingerprint density at radius 2 is 1.72 bits per heavy atom. The molecule has 8 heteroatoms. The number of benzene rings is 2. The molecule has 2 aliphatic rings. The smallest absolute Gasteiger partial charge is 0.325 e. The van der Waals surface area contributed by atoms with Gasteiger partial charge in [-0.15, -0.1) is 0 Å². The summed E-state index contributed by atoms with van der Waals surface area (Å²) in [6.45, 7) is 9.49. The molecule has 1 N–H and O–H groups in total. The summed E-state index contributed by atoms with van der Waals surface area (Å²) in [4.78, 5) is 40.5. The van der Waals surface area contributed by atoms with Crippen LogP contribution in [0.3, 0.4) is 0 Å². The van der Waals surface area contributed by atoms with Crippen LogP contribution in [0.4, 0.5) is 4.79 Å². The number of rotatable bonds is 6. The first-order valence-corrected chi connectivity index (χ1v) is 12.0. The van der Waals surface area contributed by atoms with E-state index in [1.54, 1.807) is 25.1 Å². The summed E-state index contributed by atoms with van der Waals surface area (Å²) in [6.07, 6.45) is 0. The fourth-order valence-electron chi connectivity index (χ4n) is 4.92. The number of Topliss-reactive ketones (excluding diaryl/α,β-unsaturated/α-hetero) is 1. The summed E-state index contributed by atoms with van der Waals surface area (Å²) in [6, 6.07) is 14.6. The Morgan fingerprint density at radius 1 is 1.03 bits per heavy atom. The zero-order chi connectivity index (χ0) is 25.8. The second-order valence-electron chi connectivity index (χ2n) is 9.80. The highest BCUT2D eigenvalue weighted by atomic mass is 16.7. The van der Waals surface area contributed by atoms with E-state index in [-0.39, 0.29) is 19.1 Å². The normalized spacial score (nSPS) is 18.8. The molecule has 3 aromatic rings. The van der Waals surface area contributed by atoms with Crippen molar-refractivity contribution >= 4 is 17.7 Å². The molecule has 0 aliphatic carbocycles. The first kappa shape index (κ1) is 23.7. The second kappa shape index (κ2) is 8.55. The minimum Gasteiger partial charge on any atom is -0.454 e. The zero-order valence-electron chi connectivity index (χ0n) is 21.0. The van der Waals surface area contributed by atoms with Crippen molar-refractivity contribution in [3.63, 3.8) is 0 Å². The van der Waals surface area contributed by atoms with Crippen LogP contribution in [0.5, 0.6) is 11.5 Å².